The van der Waals surface area contributed by atoms with E-state index in [2.05, 4.69) is 5.32 Å². The van der Waals surface area contributed by atoms with Crippen LogP contribution in [0.15, 0.2) is 24.3 Å². The maximum atomic E-state index is 11.3. The van der Waals surface area contributed by atoms with Gasteiger partial charge in [-0.05, 0) is 25.5 Å². The first-order chi connectivity index (χ1) is 9.13. The van der Waals surface area contributed by atoms with Gasteiger partial charge in [0.25, 0.3) is 0 Å². The van der Waals surface area contributed by atoms with E-state index in [-0.39, 0.29) is 11.7 Å². The molecule has 1 amide bonds. The minimum atomic E-state index is -0.0217. The molecule has 0 aliphatic carbocycles. The number of Topliss-reactive ketones (excluding diaryl/α,β-unsaturated/α-hetero) is 1. The normalized spacial score (nSPS) is 10.0. The van der Waals surface area contributed by atoms with Crippen molar-refractivity contribution in [1.82, 2.24) is 5.32 Å². The standard InChI is InChI=1S/C14H20N2O3/c1-11(17)12-4-2-5-13(10-12)19-9-3-6-14(18)16-8-7-15/h2,4-5,10H,3,6-9,15H2,1H3,(H,16,18). The minimum Gasteiger partial charge on any atom is -0.494 e. The van der Waals surface area contributed by atoms with Gasteiger partial charge in [0, 0.05) is 25.1 Å². The molecule has 0 spiro atoms. The second kappa shape index (κ2) is 8.26. The summed E-state index contributed by atoms with van der Waals surface area (Å²) >= 11 is 0. The number of carbonyl (C=O) groups excluding carboxylic acids is 2. The summed E-state index contributed by atoms with van der Waals surface area (Å²) in [6.07, 6.45) is 1.03. The number of ketones is 1. The van der Waals surface area contributed by atoms with Crippen molar-refractivity contribution in [1.29, 1.82) is 0 Å². The molecule has 1 rings (SSSR count). The van der Waals surface area contributed by atoms with E-state index in [9.17, 15) is 9.59 Å². The van der Waals surface area contributed by atoms with Crippen LogP contribution in [0.25, 0.3) is 0 Å². The first kappa shape index (κ1) is 15.2. The molecule has 0 saturated carbocycles. The molecule has 0 bridgehead atoms. The molecule has 1 aromatic rings. The van der Waals surface area contributed by atoms with E-state index in [0.717, 1.165) is 0 Å². The highest BCUT2D eigenvalue weighted by Gasteiger charge is 2.02. The number of hydrogen-bond acceptors (Lipinski definition) is 4. The molecule has 0 fully saturated rings. The molecule has 0 heterocycles. The van der Waals surface area contributed by atoms with Gasteiger partial charge in [-0.25, -0.2) is 0 Å². The third-order valence-corrected chi connectivity index (χ3v) is 2.52. The van der Waals surface area contributed by atoms with Crippen molar-refractivity contribution in [3.05, 3.63) is 29.8 Å². The molecule has 19 heavy (non-hydrogen) atoms. The number of ether oxygens (including phenoxy) is 1. The van der Waals surface area contributed by atoms with Crippen molar-refractivity contribution in [2.45, 2.75) is 19.8 Å². The molecule has 0 aliphatic heterocycles. The maximum absolute atomic E-state index is 11.3. The lowest BCUT2D eigenvalue weighted by Gasteiger charge is -2.07. The summed E-state index contributed by atoms with van der Waals surface area (Å²) in [5, 5.41) is 2.69. The zero-order valence-corrected chi connectivity index (χ0v) is 11.1. The van der Waals surface area contributed by atoms with Crippen LogP contribution in [0.1, 0.15) is 30.1 Å². The van der Waals surface area contributed by atoms with E-state index in [4.69, 9.17) is 10.5 Å². The molecule has 104 valence electrons. The summed E-state index contributed by atoms with van der Waals surface area (Å²) in [6, 6.07) is 7.02. The molecular weight excluding hydrogens is 244 g/mol. The summed E-state index contributed by atoms with van der Waals surface area (Å²) < 4.78 is 5.49. The molecule has 0 aliphatic rings. The van der Waals surface area contributed by atoms with E-state index >= 15 is 0 Å². The number of carbonyl (C=O) groups is 2. The van der Waals surface area contributed by atoms with Gasteiger partial charge >= 0.3 is 0 Å². The highest BCUT2D eigenvalue weighted by molar-refractivity contribution is 5.94. The predicted molar refractivity (Wildman–Crippen MR) is 73.2 cm³/mol. The number of hydrogen-bond donors (Lipinski definition) is 2. The molecule has 0 saturated heterocycles. The Morgan fingerprint density at radius 1 is 1.37 bits per heavy atom. The molecule has 0 atom stereocenters. The third-order valence-electron chi connectivity index (χ3n) is 2.52. The average molecular weight is 264 g/mol. The number of amides is 1. The van der Waals surface area contributed by atoms with E-state index < -0.39 is 0 Å². The molecule has 1 aromatic carbocycles. The van der Waals surface area contributed by atoms with Crippen LogP contribution < -0.4 is 15.8 Å². The number of benzene rings is 1. The van der Waals surface area contributed by atoms with Crippen LogP contribution in [0.2, 0.25) is 0 Å². The van der Waals surface area contributed by atoms with Crippen LogP contribution >= 0.6 is 0 Å². The van der Waals surface area contributed by atoms with E-state index in [1.807, 2.05) is 0 Å². The van der Waals surface area contributed by atoms with Crippen LogP contribution in [-0.2, 0) is 4.79 Å². The Hall–Kier alpha value is -1.88. The maximum Gasteiger partial charge on any atom is 0.220 e. The van der Waals surface area contributed by atoms with Crippen molar-refractivity contribution < 1.29 is 14.3 Å². The fourth-order valence-corrected chi connectivity index (χ4v) is 1.53. The SMILES string of the molecule is CC(=O)c1cccc(OCCCC(=O)NCCN)c1. The van der Waals surface area contributed by atoms with Gasteiger partial charge in [0.2, 0.25) is 5.91 Å². The van der Waals surface area contributed by atoms with E-state index in [0.29, 0.717) is 43.9 Å². The molecule has 3 N–H and O–H groups in total. The van der Waals surface area contributed by atoms with Gasteiger partial charge in [-0.15, -0.1) is 0 Å². The van der Waals surface area contributed by atoms with Crippen LogP contribution in [0, 0.1) is 0 Å². The van der Waals surface area contributed by atoms with Gasteiger partial charge in [0.1, 0.15) is 5.75 Å². The van der Waals surface area contributed by atoms with Crippen molar-refractivity contribution >= 4 is 11.7 Å². The highest BCUT2D eigenvalue weighted by Crippen LogP contribution is 2.14. The van der Waals surface area contributed by atoms with Crippen molar-refractivity contribution in [3.63, 3.8) is 0 Å². The molecule has 5 heteroatoms. The zero-order valence-electron chi connectivity index (χ0n) is 11.1. The average Bonchev–Trinajstić information content (AvgIpc) is 2.41. The van der Waals surface area contributed by atoms with Gasteiger partial charge in [-0.2, -0.15) is 0 Å². The summed E-state index contributed by atoms with van der Waals surface area (Å²) in [5.74, 6) is 0.633. The first-order valence-corrected chi connectivity index (χ1v) is 6.34. The Labute approximate surface area is 113 Å². The van der Waals surface area contributed by atoms with Crippen LogP contribution in [0.5, 0.6) is 5.75 Å². The Balaban J connectivity index is 2.27. The number of nitrogens with one attached hydrogen (secondary N) is 1. The largest absolute Gasteiger partial charge is 0.494 e. The van der Waals surface area contributed by atoms with Gasteiger partial charge in [0.05, 0.1) is 6.61 Å². The van der Waals surface area contributed by atoms with Gasteiger partial charge in [0.15, 0.2) is 5.78 Å². The number of nitrogens with two attached hydrogens (primary N) is 1. The fourth-order valence-electron chi connectivity index (χ4n) is 1.53. The zero-order chi connectivity index (χ0) is 14.1. The summed E-state index contributed by atoms with van der Waals surface area (Å²) in [5.41, 5.74) is 5.90. The van der Waals surface area contributed by atoms with Crippen molar-refractivity contribution in [2.75, 3.05) is 19.7 Å². The Morgan fingerprint density at radius 2 is 2.16 bits per heavy atom. The van der Waals surface area contributed by atoms with Crippen molar-refractivity contribution in [2.24, 2.45) is 5.73 Å². The van der Waals surface area contributed by atoms with Crippen LogP contribution in [0.3, 0.4) is 0 Å². The summed E-state index contributed by atoms with van der Waals surface area (Å²) in [7, 11) is 0. The smallest absolute Gasteiger partial charge is 0.220 e. The van der Waals surface area contributed by atoms with Gasteiger partial charge < -0.3 is 15.8 Å². The highest BCUT2D eigenvalue weighted by atomic mass is 16.5. The van der Waals surface area contributed by atoms with E-state index in [1.165, 1.54) is 6.92 Å². The predicted octanol–water partition coefficient (Wildman–Crippen LogP) is 1.12. The molecular formula is C14H20N2O3. The monoisotopic (exact) mass is 264 g/mol. The Kier molecular flexibility index (Phi) is 6.60. The van der Waals surface area contributed by atoms with Crippen LogP contribution in [0.4, 0.5) is 0 Å². The molecule has 5 nitrogen and oxygen atoms in total. The summed E-state index contributed by atoms with van der Waals surface area (Å²) in [6.45, 7) is 2.90. The third kappa shape index (κ3) is 6.01. The minimum absolute atomic E-state index is 0.00612. The molecule has 0 radical (unpaired) electrons. The first-order valence-electron chi connectivity index (χ1n) is 6.34. The second-order valence-corrected chi connectivity index (χ2v) is 4.17. The lowest BCUT2D eigenvalue weighted by molar-refractivity contribution is -0.121. The van der Waals surface area contributed by atoms with Gasteiger partial charge in [-0.3, -0.25) is 9.59 Å². The van der Waals surface area contributed by atoms with Crippen molar-refractivity contribution in [3.8, 4) is 5.75 Å². The van der Waals surface area contributed by atoms with Gasteiger partial charge in [-0.1, -0.05) is 12.1 Å². The van der Waals surface area contributed by atoms with Crippen LogP contribution in [-0.4, -0.2) is 31.4 Å². The fraction of sp³-hybridized carbons (Fsp3) is 0.429. The Morgan fingerprint density at radius 3 is 2.84 bits per heavy atom. The quantitative estimate of drug-likeness (QED) is 0.544. The molecule has 0 aromatic heterocycles. The summed E-state index contributed by atoms with van der Waals surface area (Å²) in [4.78, 5) is 22.5. The Bertz CT molecular complexity index is 432. The molecule has 0 unspecified atom stereocenters. The lowest BCUT2D eigenvalue weighted by Crippen LogP contribution is -2.29. The number of rotatable bonds is 8. The second-order valence-electron chi connectivity index (χ2n) is 4.17. The topological polar surface area (TPSA) is 81.4 Å². The lowest BCUT2D eigenvalue weighted by atomic mass is 10.1. The van der Waals surface area contributed by atoms with E-state index in [1.54, 1.807) is 24.3 Å².